The maximum Gasteiger partial charge on any atom is 0.141 e. The standard InChI is InChI=1S/C18H21FN2O2/c19-15-6-7-16(20-12-15)13-21-10-8-18(22,9-11-21)14-23-17-4-2-1-3-5-17/h1-7,12,22H,8-11,13-14H2. The third kappa shape index (κ3) is 4.50. The van der Waals surface area contributed by atoms with E-state index in [1.807, 2.05) is 30.3 Å². The van der Waals surface area contributed by atoms with Crippen LogP contribution in [-0.2, 0) is 6.54 Å². The van der Waals surface area contributed by atoms with Gasteiger partial charge < -0.3 is 9.84 Å². The van der Waals surface area contributed by atoms with Gasteiger partial charge in [-0.1, -0.05) is 18.2 Å². The first-order valence-electron chi connectivity index (χ1n) is 7.86. The Morgan fingerprint density at radius 2 is 1.87 bits per heavy atom. The van der Waals surface area contributed by atoms with Gasteiger partial charge in [0.15, 0.2) is 0 Å². The highest BCUT2D eigenvalue weighted by Gasteiger charge is 2.33. The lowest BCUT2D eigenvalue weighted by Gasteiger charge is -2.37. The minimum absolute atomic E-state index is 0.305. The number of ether oxygens (including phenoxy) is 1. The summed E-state index contributed by atoms with van der Waals surface area (Å²) in [5.74, 6) is 0.457. The Morgan fingerprint density at radius 1 is 1.13 bits per heavy atom. The number of rotatable bonds is 5. The molecule has 2 heterocycles. The molecule has 1 aromatic heterocycles. The number of likely N-dealkylation sites (tertiary alicyclic amines) is 1. The summed E-state index contributed by atoms with van der Waals surface area (Å²) in [4.78, 5) is 6.30. The molecule has 0 atom stereocenters. The van der Waals surface area contributed by atoms with Crippen molar-refractivity contribution >= 4 is 0 Å². The number of benzene rings is 1. The van der Waals surface area contributed by atoms with E-state index in [1.54, 1.807) is 6.07 Å². The first-order valence-corrected chi connectivity index (χ1v) is 7.86. The van der Waals surface area contributed by atoms with Crippen LogP contribution in [0.4, 0.5) is 4.39 Å². The van der Waals surface area contributed by atoms with Crippen molar-refractivity contribution < 1.29 is 14.2 Å². The second-order valence-electron chi connectivity index (χ2n) is 6.07. The predicted octanol–water partition coefficient (Wildman–Crippen LogP) is 2.63. The molecule has 4 nitrogen and oxygen atoms in total. The summed E-state index contributed by atoms with van der Waals surface area (Å²) in [6, 6.07) is 12.7. The molecule has 1 N–H and O–H groups in total. The van der Waals surface area contributed by atoms with Crippen LogP contribution in [0.3, 0.4) is 0 Å². The molecule has 5 heteroatoms. The van der Waals surface area contributed by atoms with Crippen molar-refractivity contribution in [2.75, 3.05) is 19.7 Å². The minimum Gasteiger partial charge on any atom is -0.491 e. The summed E-state index contributed by atoms with van der Waals surface area (Å²) < 4.78 is 18.6. The van der Waals surface area contributed by atoms with Crippen molar-refractivity contribution in [2.45, 2.75) is 25.0 Å². The summed E-state index contributed by atoms with van der Waals surface area (Å²) in [6.07, 6.45) is 2.55. The normalized spacial score (nSPS) is 17.8. The number of pyridine rings is 1. The molecule has 0 radical (unpaired) electrons. The van der Waals surface area contributed by atoms with Crippen LogP contribution < -0.4 is 4.74 Å². The number of hydrogen-bond donors (Lipinski definition) is 1. The lowest BCUT2D eigenvalue weighted by Crippen LogP contribution is -2.47. The van der Waals surface area contributed by atoms with Crippen LogP contribution in [0, 0.1) is 5.82 Å². The smallest absolute Gasteiger partial charge is 0.141 e. The monoisotopic (exact) mass is 316 g/mol. The Balaban J connectivity index is 1.48. The van der Waals surface area contributed by atoms with Gasteiger partial charge in [-0.2, -0.15) is 0 Å². The molecule has 0 aliphatic carbocycles. The fraction of sp³-hybridized carbons (Fsp3) is 0.389. The van der Waals surface area contributed by atoms with Crippen molar-refractivity contribution in [3.8, 4) is 5.75 Å². The molecule has 3 rings (SSSR count). The van der Waals surface area contributed by atoms with Crippen LogP contribution in [0.15, 0.2) is 48.7 Å². The topological polar surface area (TPSA) is 45.6 Å². The Bertz CT molecular complexity index is 611. The van der Waals surface area contributed by atoms with E-state index in [0.717, 1.165) is 24.5 Å². The quantitative estimate of drug-likeness (QED) is 0.921. The SMILES string of the molecule is OC1(COc2ccccc2)CCN(Cc2ccc(F)cn2)CC1. The highest BCUT2D eigenvalue weighted by Crippen LogP contribution is 2.24. The summed E-state index contributed by atoms with van der Waals surface area (Å²) in [7, 11) is 0. The molecule has 0 amide bonds. The fourth-order valence-electron chi connectivity index (χ4n) is 2.74. The molecule has 2 aromatic rings. The molecule has 0 spiro atoms. The van der Waals surface area contributed by atoms with E-state index >= 15 is 0 Å². The number of halogens is 1. The average Bonchev–Trinajstić information content (AvgIpc) is 2.59. The van der Waals surface area contributed by atoms with Gasteiger partial charge in [-0.3, -0.25) is 9.88 Å². The van der Waals surface area contributed by atoms with E-state index in [4.69, 9.17) is 4.74 Å². The van der Waals surface area contributed by atoms with Gasteiger partial charge in [-0.15, -0.1) is 0 Å². The number of nitrogens with zero attached hydrogens (tertiary/aromatic N) is 2. The Morgan fingerprint density at radius 3 is 2.52 bits per heavy atom. The van der Waals surface area contributed by atoms with Gasteiger partial charge in [0, 0.05) is 19.6 Å². The van der Waals surface area contributed by atoms with Crippen molar-refractivity contribution in [2.24, 2.45) is 0 Å². The van der Waals surface area contributed by atoms with Gasteiger partial charge in [-0.05, 0) is 37.1 Å². The lowest BCUT2D eigenvalue weighted by molar-refractivity contribution is -0.0538. The molecule has 1 fully saturated rings. The third-order valence-electron chi connectivity index (χ3n) is 4.21. The van der Waals surface area contributed by atoms with E-state index in [-0.39, 0.29) is 5.82 Å². The number of piperidine rings is 1. The van der Waals surface area contributed by atoms with Gasteiger partial charge in [0.2, 0.25) is 0 Å². The highest BCUT2D eigenvalue weighted by atomic mass is 19.1. The van der Waals surface area contributed by atoms with Crippen LogP contribution in [0.2, 0.25) is 0 Å². The first-order chi connectivity index (χ1) is 11.1. The molecular weight excluding hydrogens is 295 g/mol. The van der Waals surface area contributed by atoms with Crippen molar-refractivity contribution in [3.05, 3.63) is 60.2 Å². The Hall–Kier alpha value is -1.98. The van der Waals surface area contributed by atoms with Crippen LogP contribution in [0.1, 0.15) is 18.5 Å². The number of hydrogen-bond acceptors (Lipinski definition) is 4. The van der Waals surface area contributed by atoms with E-state index in [1.165, 1.54) is 12.3 Å². The van der Waals surface area contributed by atoms with Crippen molar-refractivity contribution in [1.29, 1.82) is 0 Å². The average molecular weight is 316 g/mol. The van der Waals surface area contributed by atoms with Gasteiger partial charge in [0.05, 0.1) is 11.9 Å². The fourth-order valence-corrected chi connectivity index (χ4v) is 2.74. The summed E-state index contributed by atoms with van der Waals surface area (Å²) in [6.45, 7) is 2.52. The zero-order valence-corrected chi connectivity index (χ0v) is 13.0. The summed E-state index contributed by atoms with van der Waals surface area (Å²) >= 11 is 0. The molecule has 0 bridgehead atoms. The van der Waals surface area contributed by atoms with Gasteiger partial charge in [-0.25, -0.2) is 4.39 Å². The first kappa shape index (κ1) is 15.9. The van der Waals surface area contributed by atoms with Crippen molar-refractivity contribution in [1.82, 2.24) is 9.88 Å². The zero-order valence-electron chi connectivity index (χ0n) is 13.0. The third-order valence-corrected chi connectivity index (χ3v) is 4.21. The molecule has 1 aromatic carbocycles. The molecule has 0 saturated carbocycles. The molecule has 1 saturated heterocycles. The predicted molar refractivity (Wildman–Crippen MR) is 85.6 cm³/mol. The Labute approximate surface area is 135 Å². The molecular formula is C18H21FN2O2. The number of aliphatic hydroxyl groups is 1. The zero-order chi connectivity index (χ0) is 16.1. The largest absolute Gasteiger partial charge is 0.491 e. The van der Waals surface area contributed by atoms with E-state index in [9.17, 15) is 9.50 Å². The van der Waals surface area contributed by atoms with E-state index in [0.29, 0.717) is 26.0 Å². The summed E-state index contributed by atoms with van der Waals surface area (Å²) in [5, 5.41) is 10.6. The number of para-hydroxylation sites is 1. The van der Waals surface area contributed by atoms with Crippen LogP contribution in [0.5, 0.6) is 5.75 Å². The molecule has 0 unspecified atom stereocenters. The van der Waals surface area contributed by atoms with Crippen molar-refractivity contribution in [3.63, 3.8) is 0 Å². The summed E-state index contributed by atoms with van der Waals surface area (Å²) in [5.41, 5.74) is 0.0557. The van der Waals surface area contributed by atoms with Gasteiger partial charge in [0.1, 0.15) is 23.8 Å². The maximum atomic E-state index is 12.9. The van der Waals surface area contributed by atoms with Gasteiger partial charge in [0.25, 0.3) is 0 Å². The second kappa shape index (κ2) is 7.06. The maximum absolute atomic E-state index is 12.9. The van der Waals surface area contributed by atoms with E-state index in [2.05, 4.69) is 9.88 Å². The molecule has 1 aliphatic rings. The number of aromatic nitrogens is 1. The highest BCUT2D eigenvalue weighted by molar-refractivity contribution is 5.21. The Kier molecular flexibility index (Phi) is 4.88. The minimum atomic E-state index is -0.789. The molecule has 122 valence electrons. The molecule has 23 heavy (non-hydrogen) atoms. The van der Waals surface area contributed by atoms with Crippen LogP contribution in [-0.4, -0.2) is 40.3 Å². The van der Waals surface area contributed by atoms with Gasteiger partial charge >= 0.3 is 0 Å². The van der Waals surface area contributed by atoms with Crippen LogP contribution >= 0.6 is 0 Å². The second-order valence-corrected chi connectivity index (χ2v) is 6.07. The molecule has 1 aliphatic heterocycles. The van der Waals surface area contributed by atoms with Crippen LogP contribution in [0.25, 0.3) is 0 Å². The lowest BCUT2D eigenvalue weighted by atomic mass is 9.92. The van der Waals surface area contributed by atoms with E-state index < -0.39 is 5.60 Å².